The summed E-state index contributed by atoms with van der Waals surface area (Å²) in [7, 11) is 0. The lowest BCUT2D eigenvalue weighted by Gasteiger charge is -2.32. The molecule has 2 unspecified atom stereocenters. The molecule has 2 N–H and O–H groups in total. The molecule has 1 saturated heterocycles. The molecule has 4 nitrogen and oxygen atoms in total. The molecule has 1 aromatic rings. The summed E-state index contributed by atoms with van der Waals surface area (Å²) < 4.78 is 6.39. The van der Waals surface area contributed by atoms with Crippen LogP contribution in [-0.4, -0.2) is 54.1 Å². The molecule has 0 amide bonds. The van der Waals surface area contributed by atoms with E-state index >= 15 is 0 Å². The van der Waals surface area contributed by atoms with E-state index in [0.717, 1.165) is 29.7 Å². The number of benzene rings is 1. The van der Waals surface area contributed by atoms with Crippen LogP contribution in [0.1, 0.15) is 18.1 Å². The van der Waals surface area contributed by atoms with E-state index in [9.17, 15) is 5.11 Å². The van der Waals surface area contributed by atoms with E-state index in [4.69, 9.17) is 9.84 Å². The van der Waals surface area contributed by atoms with Gasteiger partial charge >= 0.3 is 0 Å². The van der Waals surface area contributed by atoms with Crippen molar-refractivity contribution in [3.8, 4) is 0 Å². The van der Waals surface area contributed by atoms with Crippen LogP contribution in [0.15, 0.2) is 28.7 Å². The lowest BCUT2D eigenvalue weighted by molar-refractivity contribution is -0.0551. The van der Waals surface area contributed by atoms with Gasteiger partial charge in [0, 0.05) is 24.1 Å². The number of nitrogens with zero attached hydrogens (tertiary/aromatic N) is 1. The summed E-state index contributed by atoms with van der Waals surface area (Å²) in [6, 6.07) is 7.76. The molecule has 0 spiro atoms. The van der Waals surface area contributed by atoms with Crippen molar-refractivity contribution in [3.05, 3.63) is 34.3 Å². The highest BCUT2D eigenvalue weighted by molar-refractivity contribution is 9.10. The lowest BCUT2D eigenvalue weighted by Crippen LogP contribution is -2.44. The van der Waals surface area contributed by atoms with Crippen LogP contribution < -0.4 is 0 Å². The van der Waals surface area contributed by atoms with Crippen molar-refractivity contribution in [2.75, 3.05) is 32.8 Å². The van der Waals surface area contributed by atoms with Gasteiger partial charge in [-0.2, -0.15) is 0 Å². The van der Waals surface area contributed by atoms with Crippen LogP contribution >= 0.6 is 15.9 Å². The van der Waals surface area contributed by atoms with Gasteiger partial charge in [-0.1, -0.05) is 28.1 Å². The Morgan fingerprint density at radius 2 is 2.32 bits per heavy atom. The van der Waals surface area contributed by atoms with Crippen LogP contribution in [-0.2, 0) is 4.74 Å². The maximum absolute atomic E-state index is 10.2. The fourth-order valence-electron chi connectivity index (χ4n) is 2.28. The molecule has 0 radical (unpaired) electrons. The van der Waals surface area contributed by atoms with E-state index < -0.39 is 6.10 Å². The maximum atomic E-state index is 10.2. The molecule has 1 aliphatic heterocycles. The van der Waals surface area contributed by atoms with Crippen molar-refractivity contribution in [1.29, 1.82) is 0 Å². The van der Waals surface area contributed by atoms with E-state index in [1.807, 2.05) is 24.3 Å². The molecule has 1 fully saturated rings. The second-order valence-corrected chi connectivity index (χ2v) is 5.75. The molecular weight excluding hydrogens is 310 g/mol. The Kier molecular flexibility index (Phi) is 5.78. The van der Waals surface area contributed by atoms with Crippen molar-refractivity contribution in [2.24, 2.45) is 0 Å². The smallest absolute Gasteiger partial charge is 0.0932 e. The van der Waals surface area contributed by atoms with Gasteiger partial charge in [-0.25, -0.2) is 0 Å². The Morgan fingerprint density at radius 3 is 3.05 bits per heavy atom. The van der Waals surface area contributed by atoms with Crippen LogP contribution in [0.4, 0.5) is 0 Å². The minimum Gasteiger partial charge on any atom is -0.394 e. The second-order valence-electron chi connectivity index (χ2n) is 4.84. The summed E-state index contributed by atoms with van der Waals surface area (Å²) in [5.41, 5.74) is 0.932. The predicted molar refractivity (Wildman–Crippen MR) is 77.0 cm³/mol. The summed E-state index contributed by atoms with van der Waals surface area (Å²) in [6.07, 6.45) is 0.152. The Labute approximate surface area is 122 Å². The zero-order valence-corrected chi connectivity index (χ0v) is 12.4. The second kappa shape index (κ2) is 7.36. The van der Waals surface area contributed by atoms with E-state index in [0.29, 0.717) is 13.0 Å². The molecule has 5 heteroatoms. The molecule has 1 heterocycles. The number of aliphatic hydroxyl groups is 2. The first-order valence-corrected chi connectivity index (χ1v) is 7.36. The van der Waals surface area contributed by atoms with Gasteiger partial charge in [0.25, 0.3) is 0 Å². The summed E-state index contributed by atoms with van der Waals surface area (Å²) in [5.74, 6) is 0. The average Bonchev–Trinajstić information content (AvgIpc) is 2.45. The Balaban J connectivity index is 1.81. The van der Waals surface area contributed by atoms with Crippen molar-refractivity contribution in [1.82, 2.24) is 4.90 Å². The zero-order valence-electron chi connectivity index (χ0n) is 10.8. The van der Waals surface area contributed by atoms with Gasteiger partial charge in [-0.3, -0.25) is 4.90 Å². The number of ether oxygens (including phenoxy) is 1. The van der Waals surface area contributed by atoms with Crippen molar-refractivity contribution in [3.63, 3.8) is 0 Å². The number of hydrogen-bond donors (Lipinski definition) is 2. The Hall–Kier alpha value is -0.460. The van der Waals surface area contributed by atoms with Gasteiger partial charge in [0.2, 0.25) is 0 Å². The predicted octanol–water partition coefficient (Wildman–Crippen LogP) is 1.57. The molecular formula is C14H20BrNO3. The van der Waals surface area contributed by atoms with E-state index in [2.05, 4.69) is 20.8 Å². The maximum Gasteiger partial charge on any atom is 0.0932 e. The molecule has 0 aliphatic carbocycles. The molecule has 106 valence electrons. The van der Waals surface area contributed by atoms with Crippen LogP contribution in [0.25, 0.3) is 0 Å². The number of halogens is 1. The third kappa shape index (κ3) is 4.54. The molecule has 19 heavy (non-hydrogen) atoms. The van der Waals surface area contributed by atoms with Gasteiger partial charge in [0.05, 0.1) is 25.4 Å². The SMILES string of the molecule is OCC1CN(CCC(O)c2cccc(Br)c2)CCO1. The monoisotopic (exact) mass is 329 g/mol. The number of rotatable bonds is 5. The number of hydrogen-bond acceptors (Lipinski definition) is 4. The average molecular weight is 330 g/mol. The summed E-state index contributed by atoms with van der Waals surface area (Å²) in [4.78, 5) is 2.23. The first-order chi connectivity index (χ1) is 9.19. The van der Waals surface area contributed by atoms with Gasteiger partial charge in [-0.05, 0) is 24.1 Å². The summed E-state index contributed by atoms with van der Waals surface area (Å²) >= 11 is 3.41. The molecule has 0 bridgehead atoms. The normalized spacial score (nSPS) is 22.4. The highest BCUT2D eigenvalue weighted by atomic mass is 79.9. The molecule has 0 saturated carbocycles. The van der Waals surface area contributed by atoms with Crippen LogP contribution in [0.2, 0.25) is 0 Å². The quantitative estimate of drug-likeness (QED) is 0.860. The van der Waals surface area contributed by atoms with Crippen LogP contribution in [0.5, 0.6) is 0 Å². The van der Waals surface area contributed by atoms with E-state index in [1.54, 1.807) is 0 Å². The van der Waals surface area contributed by atoms with Crippen molar-refractivity contribution in [2.45, 2.75) is 18.6 Å². The first-order valence-electron chi connectivity index (χ1n) is 6.57. The van der Waals surface area contributed by atoms with Crippen LogP contribution in [0, 0.1) is 0 Å². The van der Waals surface area contributed by atoms with Crippen molar-refractivity contribution >= 4 is 15.9 Å². The van der Waals surface area contributed by atoms with Gasteiger partial charge in [0.15, 0.2) is 0 Å². The van der Waals surface area contributed by atoms with Crippen LogP contribution in [0.3, 0.4) is 0 Å². The molecule has 1 aliphatic rings. The standard InChI is InChI=1S/C14H20BrNO3/c15-12-3-1-2-11(8-12)14(18)4-5-16-6-7-19-13(9-16)10-17/h1-3,8,13-14,17-18H,4-7,9-10H2. The fourth-order valence-corrected chi connectivity index (χ4v) is 2.70. The minimum atomic E-state index is -0.451. The fraction of sp³-hybridized carbons (Fsp3) is 0.571. The first kappa shape index (κ1) is 14.9. The summed E-state index contributed by atoms with van der Waals surface area (Å²) in [6.45, 7) is 3.12. The molecule has 0 aromatic heterocycles. The molecule has 2 rings (SSSR count). The third-order valence-electron chi connectivity index (χ3n) is 3.38. The zero-order chi connectivity index (χ0) is 13.7. The summed E-state index contributed by atoms with van der Waals surface area (Å²) in [5, 5.41) is 19.3. The van der Waals surface area contributed by atoms with E-state index in [-0.39, 0.29) is 12.7 Å². The Morgan fingerprint density at radius 1 is 1.47 bits per heavy atom. The highest BCUT2D eigenvalue weighted by Gasteiger charge is 2.20. The Bertz CT molecular complexity index is 402. The minimum absolute atomic E-state index is 0.0602. The van der Waals surface area contributed by atoms with Gasteiger partial charge < -0.3 is 14.9 Å². The molecule has 2 atom stereocenters. The lowest BCUT2D eigenvalue weighted by atomic mass is 10.1. The largest absolute Gasteiger partial charge is 0.394 e. The van der Waals surface area contributed by atoms with E-state index in [1.165, 1.54) is 0 Å². The number of aliphatic hydroxyl groups excluding tert-OH is 2. The number of morpholine rings is 1. The third-order valence-corrected chi connectivity index (χ3v) is 3.87. The molecule has 1 aromatic carbocycles. The van der Waals surface area contributed by atoms with Gasteiger partial charge in [-0.15, -0.1) is 0 Å². The topological polar surface area (TPSA) is 52.9 Å². The van der Waals surface area contributed by atoms with Crippen molar-refractivity contribution < 1.29 is 14.9 Å². The van der Waals surface area contributed by atoms with Gasteiger partial charge in [0.1, 0.15) is 0 Å². The highest BCUT2D eigenvalue weighted by Crippen LogP contribution is 2.21.